The van der Waals surface area contributed by atoms with Crippen molar-refractivity contribution in [3.63, 3.8) is 0 Å². The number of amides is 1. The van der Waals surface area contributed by atoms with Crippen LogP contribution in [0.3, 0.4) is 0 Å². The van der Waals surface area contributed by atoms with E-state index in [0.717, 1.165) is 0 Å². The second kappa shape index (κ2) is 5.62. The molecule has 0 saturated heterocycles. The number of aromatic nitrogens is 2. The highest BCUT2D eigenvalue weighted by Gasteiger charge is 2.14. The van der Waals surface area contributed by atoms with Crippen LogP contribution in [-0.2, 0) is 4.79 Å². The van der Waals surface area contributed by atoms with Gasteiger partial charge in [-0.2, -0.15) is 0 Å². The van der Waals surface area contributed by atoms with Crippen molar-refractivity contribution < 1.29 is 4.79 Å². The fourth-order valence-corrected chi connectivity index (χ4v) is 1.39. The molecule has 1 rings (SSSR count). The standard InChI is InChI=1S/C10H14Cl2N4O/c1-10(2,3)15-4-6(17)16-7-8(11)13-5-14-9(7)12/h5,15H,4H2,1-3H3,(H,16,17). The molecule has 0 saturated carbocycles. The predicted molar refractivity (Wildman–Crippen MR) is 68.4 cm³/mol. The van der Waals surface area contributed by atoms with Gasteiger partial charge < -0.3 is 10.6 Å². The molecule has 0 aliphatic carbocycles. The molecule has 0 fully saturated rings. The second-order valence-electron chi connectivity index (χ2n) is 4.48. The lowest BCUT2D eigenvalue weighted by atomic mass is 10.1. The van der Waals surface area contributed by atoms with E-state index < -0.39 is 0 Å². The summed E-state index contributed by atoms with van der Waals surface area (Å²) in [5, 5.41) is 5.84. The minimum absolute atomic E-state index is 0.120. The lowest BCUT2D eigenvalue weighted by Gasteiger charge is -2.20. The van der Waals surface area contributed by atoms with Crippen molar-refractivity contribution in [3.8, 4) is 0 Å². The maximum Gasteiger partial charge on any atom is 0.238 e. The van der Waals surface area contributed by atoms with Gasteiger partial charge in [-0.15, -0.1) is 0 Å². The summed E-state index contributed by atoms with van der Waals surface area (Å²) < 4.78 is 0. The van der Waals surface area contributed by atoms with Gasteiger partial charge in [0.05, 0.1) is 6.54 Å². The Morgan fingerprint density at radius 3 is 2.29 bits per heavy atom. The van der Waals surface area contributed by atoms with Crippen LogP contribution in [0.15, 0.2) is 6.33 Å². The van der Waals surface area contributed by atoms with Crippen LogP contribution < -0.4 is 10.6 Å². The molecule has 17 heavy (non-hydrogen) atoms. The Labute approximate surface area is 110 Å². The highest BCUT2D eigenvalue weighted by atomic mass is 35.5. The normalized spacial score (nSPS) is 11.4. The monoisotopic (exact) mass is 276 g/mol. The van der Waals surface area contributed by atoms with Crippen LogP contribution >= 0.6 is 23.2 Å². The molecule has 94 valence electrons. The van der Waals surface area contributed by atoms with Gasteiger partial charge in [-0.05, 0) is 20.8 Å². The first-order valence-corrected chi connectivity index (χ1v) is 5.76. The van der Waals surface area contributed by atoms with E-state index in [0.29, 0.717) is 0 Å². The number of halogens is 2. The number of nitrogens with zero attached hydrogens (tertiary/aromatic N) is 2. The van der Waals surface area contributed by atoms with Crippen molar-refractivity contribution in [2.45, 2.75) is 26.3 Å². The van der Waals surface area contributed by atoms with Crippen LogP contribution in [-0.4, -0.2) is 28.0 Å². The van der Waals surface area contributed by atoms with Crippen LogP contribution in [0.5, 0.6) is 0 Å². The summed E-state index contributed by atoms with van der Waals surface area (Å²) >= 11 is 11.6. The summed E-state index contributed by atoms with van der Waals surface area (Å²) in [7, 11) is 0. The second-order valence-corrected chi connectivity index (χ2v) is 5.20. The summed E-state index contributed by atoms with van der Waals surface area (Å²) in [5.74, 6) is -0.251. The maximum atomic E-state index is 11.6. The Morgan fingerprint density at radius 1 is 1.29 bits per heavy atom. The van der Waals surface area contributed by atoms with E-state index in [1.165, 1.54) is 6.33 Å². The Bertz CT molecular complexity index is 397. The first kappa shape index (κ1) is 14.2. The van der Waals surface area contributed by atoms with E-state index in [1.807, 2.05) is 20.8 Å². The number of carbonyl (C=O) groups excluding carboxylic acids is 1. The average Bonchev–Trinajstić information content (AvgIpc) is 2.20. The van der Waals surface area contributed by atoms with Gasteiger partial charge in [0.15, 0.2) is 10.3 Å². The van der Waals surface area contributed by atoms with E-state index in [4.69, 9.17) is 23.2 Å². The molecule has 0 aliphatic heterocycles. The third-order valence-electron chi connectivity index (χ3n) is 1.80. The van der Waals surface area contributed by atoms with Crippen LogP contribution in [0.2, 0.25) is 10.3 Å². The molecule has 1 aromatic heterocycles. The van der Waals surface area contributed by atoms with Crippen LogP contribution in [0, 0.1) is 0 Å². The molecule has 0 atom stereocenters. The maximum absolute atomic E-state index is 11.6. The lowest BCUT2D eigenvalue weighted by Crippen LogP contribution is -2.41. The smallest absolute Gasteiger partial charge is 0.238 e. The van der Waals surface area contributed by atoms with Crippen LogP contribution in [0.4, 0.5) is 5.69 Å². The SMILES string of the molecule is CC(C)(C)NCC(=O)Nc1c(Cl)ncnc1Cl. The molecule has 7 heteroatoms. The zero-order chi connectivity index (χ0) is 13.1. The summed E-state index contributed by atoms with van der Waals surface area (Å²) in [6, 6.07) is 0. The van der Waals surface area contributed by atoms with Crippen molar-refractivity contribution >= 4 is 34.8 Å². The van der Waals surface area contributed by atoms with Gasteiger partial charge in [-0.1, -0.05) is 23.2 Å². The zero-order valence-electron chi connectivity index (χ0n) is 9.84. The van der Waals surface area contributed by atoms with Crippen molar-refractivity contribution in [2.24, 2.45) is 0 Å². The third-order valence-corrected chi connectivity index (χ3v) is 2.37. The largest absolute Gasteiger partial charge is 0.320 e. The molecule has 1 amide bonds. The number of rotatable bonds is 3. The highest BCUT2D eigenvalue weighted by molar-refractivity contribution is 6.38. The van der Waals surface area contributed by atoms with Gasteiger partial charge in [-0.25, -0.2) is 9.97 Å². The molecule has 1 heterocycles. The Morgan fingerprint density at radius 2 is 1.82 bits per heavy atom. The molecule has 0 aliphatic rings. The molecular formula is C10H14Cl2N4O. The van der Waals surface area contributed by atoms with Crippen molar-refractivity contribution in [2.75, 3.05) is 11.9 Å². The Kier molecular flexibility index (Phi) is 4.68. The average molecular weight is 277 g/mol. The molecule has 5 nitrogen and oxygen atoms in total. The number of anilines is 1. The minimum atomic E-state index is -0.251. The van der Waals surface area contributed by atoms with Crippen LogP contribution in [0.1, 0.15) is 20.8 Å². The van der Waals surface area contributed by atoms with E-state index in [9.17, 15) is 4.79 Å². The number of hydrogen-bond acceptors (Lipinski definition) is 4. The van der Waals surface area contributed by atoms with Crippen molar-refractivity contribution in [1.82, 2.24) is 15.3 Å². The lowest BCUT2D eigenvalue weighted by molar-refractivity contribution is -0.115. The van der Waals surface area contributed by atoms with Gasteiger partial charge in [0, 0.05) is 5.54 Å². The quantitative estimate of drug-likeness (QED) is 0.830. The summed E-state index contributed by atoms with van der Waals surface area (Å²) in [6.07, 6.45) is 1.23. The van der Waals surface area contributed by atoms with Gasteiger partial charge in [0.25, 0.3) is 0 Å². The number of hydrogen-bond donors (Lipinski definition) is 2. The topological polar surface area (TPSA) is 66.9 Å². The predicted octanol–water partition coefficient (Wildman–Crippen LogP) is 2.11. The van der Waals surface area contributed by atoms with E-state index >= 15 is 0 Å². The van der Waals surface area contributed by atoms with Gasteiger partial charge >= 0.3 is 0 Å². The van der Waals surface area contributed by atoms with E-state index in [-0.39, 0.29) is 34.0 Å². The van der Waals surface area contributed by atoms with Gasteiger partial charge in [0.1, 0.15) is 12.0 Å². The minimum Gasteiger partial charge on any atom is -0.320 e. The van der Waals surface area contributed by atoms with Gasteiger partial charge in [0.2, 0.25) is 5.91 Å². The molecule has 1 aromatic rings. The molecule has 0 spiro atoms. The van der Waals surface area contributed by atoms with E-state index in [1.54, 1.807) is 0 Å². The third kappa shape index (κ3) is 4.85. The number of nitrogens with one attached hydrogen (secondary N) is 2. The summed E-state index contributed by atoms with van der Waals surface area (Å²) in [5.41, 5.74) is 0.0922. The molecule has 2 N–H and O–H groups in total. The fraction of sp³-hybridized carbons (Fsp3) is 0.500. The Balaban J connectivity index is 2.63. The first-order valence-electron chi connectivity index (χ1n) is 5.00. The van der Waals surface area contributed by atoms with Crippen LogP contribution in [0.25, 0.3) is 0 Å². The zero-order valence-corrected chi connectivity index (χ0v) is 11.4. The Hall–Kier alpha value is -0.910. The molecule has 0 aromatic carbocycles. The first-order chi connectivity index (χ1) is 7.79. The van der Waals surface area contributed by atoms with Crippen molar-refractivity contribution in [1.29, 1.82) is 0 Å². The van der Waals surface area contributed by atoms with Gasteiger partial charge in [-0.3, -0.25) is 4.79 Å². The fourth-order valence-electron chi connectivity index (χ4n) is 0.977. The number of carbonyl (C=O) groups is 1. The molecule has 0 bridgehead atoms. The molecule has 0 radical (unpaired) electrons. The van der Waals surface area contributed by atoms with E-state index in [2.05, 4.69) is 20.6 Å². The highest BCUT2D eigenvalue weighted by Crippen LogP contribution is 2.25. The molecule has 0 unspecified atom stereocenters. The van der Waals surface area contributed by atoms with Crippen molar-refractivity contribution in [3.05, 3.63) is 16.6 Å². The summed E-state index contributed by atoms with van der Waals surface area (Å²) in [4.78, 5) is 19.1. The molecular weight excluding hydrogens is 263 g/mol. The summed E-state index contributed by atoms with van der Waals surface area (Å²) in [6.45, 7) is 6.05.